The molecule has 3 heteroatoms. The molecule has 1 aliphatic heterocycles. The second-order valence-corrected chi connectivity index (χ2v) is 19.5. The lowest BCUT2D eigenvalue weighted by molar-refractivity contribution is 0.827. The van der Waals surface area contributed by atoms with Gasteiger partial charge in [0.2, 0.25) is 0 Å². The van der Waals surface area contributed by atoms with E-state index in [-0.39, 0.29) is 0 Å². The van der Waals surface area contributed by atoms with Gasteiger partial charge in [-0.05, 0) is 133 Å². The van der Waals surface area contributed by atoms with Crippen LogP contribution < -0.4 is 0 Å². The molecule has 1 atom stereocenters. The summed E-state index contributed by atoms with van der Waals surface area (Å²) in [6, 6.07) is 80.1. The van der Waals surface area contributed by atoms with Crippen LogP contribution in [0.5, 0.6) is 0 Å². The molecule has 0 bridgehead atoms. The molecule has 0 saturated carbocycles. The molecule has 0 amide bonds. The first kappa shape index (κ1) is 41.0. The van der Waals surface area contributed by atoms with Crippen molar-refractivity contribution in [2.45, 2.75) is 25.7 Å². The number of rotatable bonds is 8. The van der Waals surface area contributed by atoms with Gasteiger partial charge in [0.25, 0.3) is 0 Å². The number of aromatic nitrogens is 1. The van der Waals surface area contributed by atoms with E-state index in [4.69, 9.17) is 9.98 Å². The van der Waals surface area contributed by atoms with Gasteiger partial charge in [0.15, 0.2) is 0 Å². The third-order valence-electron chi connectivity index (χ3n) is 14.4. The van der Waals surface area contributed by atoms with E-state index in [2.05, 4.69) is 231 Å². The molecule has 1 unspecified atom stereocenters. The zero-order valence-electron chi connectivity index (χ0n) is 38.2. The lowest BCUT2D eigenvalue weighted by atomic mass is 9.87. The number of nitrogens with zero attached hydrogens (tertiary/aromatic N) is 2. The highest BCUT2D eigenvalue weighted by atomic mass is 32.1. The molecule has 69 heavy (non-hydrogen) atoms. The molecule has 1 aliphatic carbocycles. The second-order valence-electron chi connectivity index (χ2n) is 18.4. The first-order chi connectivity index (χ1) is 34.1. The third-order valence-corrected chi connectivity index (χ3v) is 15.5. The van der Waals surface area contributed by atoms with Gasteiger partial charge in [-0.3, -0.25) is 9.98 Å². The molecule has 0 saturated heterocycles. The standard InChI is InChI=1S/C66H46N2S/c1-42-52(44-17-7-3-8-18-44)32-33-61(45-19-9-4-10-20-45)68-65(42)46-25-27-47(28-26-46)66-64-60-39-48(30-34-62(60)69-63(64)35-36-67-66)51-38-49-21-11-12-22-53(49)57(41-51)50-29-31-56-54-23-13-14-24-55(54)58(59(56)40-50)37-43-15-5-2-6-16-43/h2-32,34-36,38-41,58H,33,37H2,1H3. The maximum atomic E-state index is 5.41. The van der Waals surface area contributed by atoms with Crippen LogP contribution in [0.2, 0.25) is 0 Å². The topological polar surface area (TPSA) is 25.2 Å². The summed E-state index contributed by atoms with van der Waals surface area (Å²) in [4.78, 5) is 10.5. The summed E-state index contributed by atoms with van der Waals surface area (Å²) in [5.41, 5.74) is 21.8. The van der Waals surface area contributed by atoms with Crippen molar-refractivity contribution in [3.05, 3.63) is 270 Å². The van der Waals surface area contributed by atoms with Gasteiger partial charge in [0, 0.05) is 49.8 Å². The third kappa shape index (κ3) is 7.34. The highest BCUT2D eigenvalue weighted by Crippen LogP contribution is 2.49. The van der Waals surface area contributed by atoms with Gasteiger partial charge < -0.3 is 0 Å². The van der Waals surface area contributed by atoms with Gasteiger partial charge in [-0.2, -0.15) is 0 Å². The Morgan fingerprint density at radius 2 is 1.16 bits per heavy atom. The monoisotopic (exact) mass is 898 g/mol. The molecule has 13 rings (SSSR count). The average Bonchev–Trinajstić information content (AvgIpc) is 3.88. The van der Waals surface area contributed by atoms with Crippen molar-refractivity contribution in [3.63, 3.8) is 0 Å². The number of hydrogen-bond donors (Lipinski definition) is 0. The Kier molecular flexibility index (Phi) is 10.2. The molecular formula is C66H46N2S. The van der Waals surface area contributed by atoms with Crippen molar-refractivity contribution in [2.75, 3.05) is 0 Å². The molecule has 326 valence electrons. The minimum Gasteiger partial charge on any atom is -0.256 e. The zero-order chi connectivity index (χ0) is 45.8. The molecule has 2 nitrogen and oxygen atoms in total. The minimum absolute atomic E-state index is 0.296. The SMILES string of the molecule is CC1=C(c2ccc(-c3nccc4sc5ccc(-c6cc(-c7ccc8c(c7)C(Cc7ccccc7)c7ccccc7-8)c7ccccc7c6)cc5c34)cc2)N=C(c2ccccc2)CC=C1c1ccccc1. The maximum Gasteiger partial charge on any atom is 0.0795 e. The van der Waals surface area contributed by atoms with Crippen molar-refractivity contribution >= 4 is 59.3 Å². The first-order valence-electron chi connectivity index (χ1n) is 23.9. The Morgan fingerprint density at radius 1 is 0.478 bits per heavy atom. The van der Waals surface area contributed by atoms with Crippen LogP contribution >= 0.6 is 11.3 Å². The Balaban J connectivity index is 0.894. The Morgan fingerprint density at radius 3 is 1.99 bits per heavy atom. The van der Waals surface area contributed by atoms with E-state index in [0.717, 1.165) is 46.6 Å². The number of allylic oxidation sites excluding steroid dienone is 3. The van der Waals surface area contributed by atoms with Crippen molar-refractivity contribution in [2.24, 2.45) is 4.99 Å². The normalized spacial score (nSPS) is 14.4. The summed E-state index contributed by atoms with van der Waals surface area (Å²) < 4.78 is 2.49. The zero-order valence-corrected chi connectivity index (χ0v) is 39.1. The number of thiophene rings is 1. The van der Waals surface area contributed by atoms with Gasteiger partial charge in [0.05, 0.1) is 17.1 Å². The Labute approximate surface area is 407 Å². The van der Waals surface area contributed by atoms with Crippen LogP contribution in [-0.4, -0.2) is 10.7 Å². The Bertz CT molecular complexity index is 3880. The molecule has 0 radical (unpaired) electrons. The lowest BCUT2D eigenvalue weighted by Gasteiger charge is -2.16. The predicted molar refractivity (Wildman–Crippen MR) is 293 cm³/mol. The number of hydrogen-bond acceptors (Lipinski definition) is 3. The predicted octanol–water partition coefficient (Wildman–Crippen LogP) is 17.7. The summed E-state index contributed by atoms with van der Waals surface area (Å²) >= 11 is 1.84. The molecule has 9 aromatic carbocycles. The maximum absolute atomic E-state index is 5.41. The number of benzene rings is 9. The van der Waals surface area contributed by atoms with E-state index >= 15 is 0 Å². The lowest BCUT2D eigenvalue weighted by Crippen LogP contribution is -2.01. The first-order valence-corrected chi connectivity index (χ1v) is 24.8. The van der Waals surface area contributed by atoms with E-state index in [0.29, 0.717) is 5.92 Å². The molecule has 0 fully saturated rings. The van der Waals surface area contributed by atoms with E-state index in [1.165, 1.54) is 97.7 Å². The van der Waals surface area contributed by atoms with Crippen LogP contribution in [0.3, 0.4) is 0 Å². The van der Waals surface area contributed by atoms with Crippen molar-refractivity contribution in [1.82, 2.24) is 4.98 Å². The highest BCUT2D eigenvalue weighted by molar-refractivity contribution is 7.25. The summed E-state index contributed by atoms with van der Waals surface area (Å²) in [7, 11) is 0. The van der Waals surface area contributed by atoms with Crippen LogP contribution in [0.4, 0.5) is 0 Å². The summed E-state index contributed by atoms with van der Waals surface area (Å²) in [6.45, 7) is 2.21. The fraction of sp³-hybridized carbons (Fsp3) is 0.0606. The van der Waals surface area contributed by atoms with Crippen LogP contribution in [0, 0.1) is 0 Å². The summed E-state index contributed by atoms with van der Waals surface area (Å²) in [5, 5.41) is 4.92. The molecule has 0 N–H and O–H groups in total. The van der Waals surface area contributed by atoms with E-state index in [1.807, 2.05) is 17.5 Å². The number of pyridine rings is 1. The van der Waals surface area contributed by atoms with Gasteiger partial charge in [-0.15, -0.1) is 11.3 Å². The highest BCUT2D eigenvalue weighted by Gasteiger charge is 2.29. The van der Waals surface area contributed by atoms with Gasteiger partial charge in [-0.25, -0.2) is 0 Å². The largest absolute Gasteiger partial charge is 0.256 e. The van der Waals surface area contributed by atoms with E-state index < -0.39 is 0 Å². The van der Waals surface area contributed by atoms with Crippen molar-refractivity contribution in [1.29, 1.82) is 0 Å². The van der Waals surface area contributed by atoms with Crippen molar-refractivity contribution < 1.29 is 0 Å². The second kappa shape index (κ2) is 17.1. The van der Waals surface area contributed by atoms with Crippen LogP contribution in [0.15, 0.2) is 241 Å². The molecule has 3 heterocycles. The molecule has 0 spiro atoms. The number of aliphatic imine (C=N–C) groups is 1. The van der Waals surface area contributed by atoms with Crippen LogP contribution in [-0.2, 0) is 6.42 Å². The quantitative estimate of drug-likeness (QED) is 0.149. The molecule has 2 aliphatic rings. The fourth-order valence-electron chi connectivity index (χ4n) is 11.0. The minimum atomic E-state index is 0.296. The molecular weight excluding hydrogens is 853 g/mol. The summed E-state index contributed by atoms with van der Waals surface area (Å²) in [5.74, 6) is 0.296. The van der Waals surface area contributed by atoms with Crippen LogP contribution in [0.25, 0.3) is 86.9 Å². The van der Waals surface area contributed by atoms with Gasteiger partial charge in [0.1, 0.15) is 0 Å². The van der Waals surface area contributed by atoms with Gasteiger partial charge >= 0.3 is 0 Å². The van der Waals surface area contributed by atoms with Crippen LogP contribution in [0.1, 0.15) is 52.6 Å². The smallest absolute Gasteiger partial charge is 0.0795 e. The van der Waals surface area contributed by atoms with E-state index in [9.17, 15) is 0 Å². The average molecular weight is 899 g/mol. The van der Waals surface area contributed by atoms with E-state index in [1.54, 1.807) is 0 Å². The summed E-state index contributed by atoms with van der Waals surface area (Å²) in [6.07, 6.45) is 6.03. The molecule has 2 aromatic heterocycles. The molecule has 11 aromatic rings. The Hall–Kier alpha value is -8.24. The fourth-order valence-corrected chi connectivity index (χ4v) is 12.0. The van der Waals surface area contributed by atoms with Crippen molar-refractivity contribution in [3.8, 4) is 44.6 Å². The number of fused-ring (bicyclic) bond motifs is 7. The van der Waals surface area contributed by atoms with Gasteiger partial charge in [-0.1, -0.05) is 188 Å².